The maximum atomic E-state index is 2.62. The van der Waals surface area contributed by atoms with Gasteiger partial charge in [0.2, 0.25) is 0 Å². The molecule has 0 spiro atoms. The van der Waals surface area contributed by atoms with Gasteiger partial charge in [0.25, 0.3) is 20.1 Å². The van der Waals surface area contributed by atoms with E-state index in [-0.39, 0.29) is 20.1 Å². The lowest BCUT2D eigenvalue weighted by Crippen LogP contribution is -2.61. The van der Waals surface area contributed by atoms with Gasteiger partial charge in [-0.15, -0.1) is 0 Å². The summed E-state index contributed by atoms with van der Waals surface area (Å²) < 4.78 is 0. The molecule has 123 heavy (non-hydrogen) atoms. The van der Waals surface area contributed by atoms with Gasteiger partial charge < -0.3 is 29.4 Å². The van der Waals surface area contributed by atoms with Gasteiger partial charge in [0.1, 0.15) is 0 Å². The Hall–Kier alpha value is -15.8. The summed E-state index contributed by atoms with van der Waals surface area (Å²) in [5.41, 5.74) is 37.2. The fourth-order valence-corrected chi connectivity index (χ4v) is 22.4. The lowest BCUT2D eigenvalue weighted by atomic mass is 9.32. The molecule has 21 aromatic carbocycles. The first-order chi connectivity index (χ1) is 61.1. The topological polar surface area (TPSA) is 19.4 Å². The zero-order chi connectivity index (χ0) is 80.2. The van der Waals surface area contributed by atoms with Gasteiger partial charge in [0.15, 0.2) is 0 Å². The maximum Gasteiger partial charge on any atom is 0.253 e. The van der Waals surface area contributed by atoms with Crippen LogP contribution in [-0.2, 0) is 0 Å². The normalized spacial score (nSPS) is 13.5. The summed E-state index contributed by atoms with van der Waals surface area (Å²) in [7, 11) is 0. The summed E-state index contributed by atoms with van der Waals surface area (Å²) >= 11 is 0. The van der Waals surface area contributed by atoms with E-state index in [9.17, 15) is 0 Å². The monoisotopic (exact) mass is 1560 g/mol. The van der Waals surface area contributed by atoms with E-state index < -0.39 is 0 Å². The van der Waals surface area contributed by atoms with Crippen molar-refractivity contribution in [2.24, 2.45) is 0 Å². The van der Waals surface area contributed by atoms with Crippen molar-refractivity contribution in [3.8, 4) is 22.3 Å². The zero-order valence-corrected chi connectivity index (χ0v) is 66.9. The van der Waals surface area contributed by atoms with Crippen molar-refractivity contribution in [1.29, 1.82) is 0 Å². The molecule has 9 heteroatoms. The molecule has 27 rings (SSSR count). The summed E-state index contributed by atoms with van der Waals surface area (Å²) in [6, 6.07) is 163. The molecule has 6 heterocycles. The minimum Gasteiger partial charge on any atom is -0.311 e. The molecule has 0 unspecified atom stereocenters. The van der Waals surface area contributed by atoms with Crippen molar-refractivity contribution in [3.63, 3.8) is 0 Å². The molecular formula is C114H71B3N6. The number of hydrogen-bond donors (Lipinski definition) is 0. The molecule has 0 saturated carbocycles. The molecule has 0 atom stereocenters. The highest BCUT2D eigenvalue weighted by Crippen LogP contribution is 2.54. The van der Waals surface area contributed by atoms with Crippen LogP contribution in [-0.4, -0.2) is 20.1 Å². The third-order valence-corrected chi connectivity index (χ3v) is 27.4. The van der Waals surface area contributed by atoms with E-state index >= 15 is 0 Å². The van der Waals surface area contributed by atoms with Crippen LogP contribution < -0.4 is 78.6 Å². The van der Waals surface area contributed by atoms with Gasteiger partial charge in [0.05, 0.1) is 5.69 Å². The van der Waals surface area contributed by atoms with Crippen LogP contribution in [0.25, 0.3) is 86.9 Å². The zero-order valence-electron chi connectivity index (χ0n) is 66.9. The van der Waals surface area contributed by atoms with Gasteiger partial charge in [-0.3, -0.25) is 0 Å². The Morgan fingerprint density at radius 2 is 0.488 bits per heavy atom. The average Bonchev–Trinajstić information content (AvgIpc) is 0.772. The largest absolute Gasteiger partial charge is 0.311 e. The Labute approximate surface area is 713 Å². The molecule has 0 N–H and O–H groups in total. The number of nitrogens with zero attached hydrogens (tertiary/aromatic N) is 6. The Kier molecular flexibility index (Phi) is 14.6. The summed E-state index contributed by atoms with van der Waals surface area (Å²) in [5, 5.41) is 14.6. The Balaban J connectivity index is 0.656. The van der Waals surface area contributed by atoms with Crippen molar-refractivity contribution in [3.05, 3.63) is 431 Å². The summed E-state index contributed by atoms with van der Waals surface area (Å²) in [6.07, 6.45) is 0. The Morgan fingerprint density at radius 1 is 0.146 bits per heavy atom. The van der Waals surface area contributed by atoms with Gasteiger partial charge in [-0.25, -0.2) is 0 Å². The van der Waals surface area contributed by atoms with Crippen LogP contribution in [0, 0.1) is 0 Å². The summed E-state index contributed by atoms with van der Waals surface area (Å²) in [4.78, 5) is 15.3. The highest BCUT2D eigenvalue weighted by atomic mass is 15.2. The maximum absolute atomic E-state index is 2.62. The number of fused-ring (bicyclic) bond motifs is 22. The molecule has 0 bridgehead atoms. The first-order valence-corrected chi connectivity index (χ1v) is 42.9. The van der Waals surface area contributed by atoms with Crippen LogP contribution >= 0.6 is 0 Å². The molecule has 0 saturated heterocycles. The van der Waals surface area contributed by atoms with E-state index in [2.05, 4.69) is 460 Å². The standard InChI is InChI=1S/C114H71B3N6/c1-6-33-83(34-7-1)118-98-47-25-48-99-110(98)117(107-89-44-21-18-27-72(89)56-62-102(107)118)108-90-58-53-81(66-80(90)57-63-103(108)119(99)84-35-8-2-9-36-84)93-59-64-104-111-114(93)122(87-41-14-5-15-42-87)106-71-79-52-51-78(65-82(79)69-97(106)116(111)96-68-76-30-16-17-31-77(76)70-105(96)120(104)85-37-10-3-11-38-85)75-32-24-43-88(67-75)123-101-50-26-49-100-109(101)115(95-61-55-74-29-20-23-46-92(74)113(95)123)94-60-54-73-28-19-22-45-91(73)112(94)121(100)86-39-12-4-13-40-86/h1-71H. The van der Waals surface area contributed by atoms with Crippen LogP contribution in [0.1, 0.15) is 0 Å². The molecule has 6 aliphatic rings. The molecule has 0 fully saturated rings. The van der Waals surface area contributed by atoms with Crippen LogP contribution in [0.3, 0.4) is 0 Å². The number of anilines is 18. The number of benzene rings is 21. The molecular weight excluding hydrogens is 1490 g/mol. The fourth-order valence-electron chi connectivity index (χ4n) is 22.4. The van der Waals surface area contributed by atoms with Gasteiger partial charge in [-0.1, -0.05) is 291 Å². The molecule has 566 valence electrons. The molecule has 0 aliphatic carbocycles. The van der Waals surface area contributed by atoms with Crippen LogP contribution in [0.2, 0.25) is 0 Å². The van der Waals surface area contributed by atoms with Gasteiger partial charge in [-0.05, 0) is 259 Å². The molecule has 0 aromatic heterocycles. The van der Waals surface area contributed by atoms with Gasteiger partial charge >= 0.3 is 0 Å². The Morgan fingerprint density at radius 3 is 1.06 bits per heavy atom. The van der Waals surface area contributed by atoms with E-state index in [1.807, 2.05) is 0 Å². The molecule has 0 radical (unpaired) electrons. The van der Waals surface area contributed by atoms with E-state index in [0.29, 0.717) is 0 Å². The third kappa shape index (κ3) is 9.90. The van der Waals surface area contributed by atoms with E-state index in [4.69, 9.17) is 0 Å². The van der Waals surface area contributed by atoms with Crippen molar-refractivity contribution in [2.45, 2.75) is 0 Å². The second-order valence-corrected chi connectivity index (χ2v) is 33.7. The highest BCUT2D eigenvalue weighted by molar-refractivity contribution is 7.03. The minimum atomic E-state index is -0.193. The van der Waals surface area contributed by atoms with Crippen molar-refractivity contribution < 1.29 is 0 Å². The minimum absolute atomic E-state index is 0.0304. The quantitative estimate of drug-likeness (QED) is 0.140. The summed E-state index contributed by atoms with van der Waals surface area (Å²) in [6.45, 7) is -0.334. The van der Waals surface area contributed by atoms with Crippen molar-refractivity contribution >= 4 is 236 Å². The lowest BCUT2D eigenvalue weighted by Gasteiger charge is -2.45. The van der Waals surface area contributed by atoms with Gasteiger partial charge in [0, 0.05) is 113 Å². The van der Waals surface area contributed by atoms with Crippen LogP contribution in [0.4, 0.5) is 102 Å². The third-order valence-electron chi connectivity index (χ3n) is 27.4. The number of para-hydroxylation sites is 5. The number of hydrogen-bond acceptors (Lipinski definition) is 6. The Bertz CT molecular complexity index is 8070. The molecule has 0 amide bonds. The smallest absolute Gasteiger partial charge is 0.253 e. The van der Waals surface area contributed by atoms with Crippen molar-refractivity contribution in [2.75, 3.05) is 29.4 Å². The summed E-state index contributed by atoms with van der Waals surface area (Å²) in [5.74, 6) is 0. The molecule has 21 aromatic rings. The van der Waals surface area contributed by atoms with Gasteiger partial charge in [-0.2, -0.15) is 0 Å². The first-order valence-electron chi connectivity index (χ1n) is 42.9. The van der Waals surface area contributed by atoms with Crippen LogP contribution in [0.15, 0.2) is 431 Å². The average molecular weight is 1560 g/mol. The molecule has 6 nitrogen and oxygen atoms in total. The number of rotatable bonds is 8. The predicted molar refractivity (Wildman–Crippen MR) is 524 cm³/mol. The lowest BCUT2D eigenvalue weighted by molar-refractivity contribution is 1.26. The fraction of sp³-hybridized carbons (Fsp3) is 0. The van der Waals surface area contributed by atoms with E-state index in [1.165, 1.54) is 171 Å². The first kappa shape index (κ1) is 68.1. The SMILES string of the molecule is c1ccc(N2c3cc4ccccc4cc3B3c4cc5cc(-c6cccc(N7c8cccc9c8B(c8ccc%10ccccc%10c8N9c8ccccc8)c8ccc9ccccc9c87)c6)ccc5cc4N(c4ccccc4)c4c(-c5ccc6c7c(ccc6c5)N(c5ccccc5)c5cccc6c5B7c5c(ccc7ccccc57)N6c5ccccc5)ccc2c43)cc1. The van der Waals surface area contributed by atoms with Crippen molar-refractivity contribution in [1.82, 2.24) is 0 Å². The second kappa shape index (κ2) is 26.3. The molecule has 6 aliphatic heterocycles. The van der Waals surface area contributed by atoms with E-state index in [1.54, 1.807) is 0 Å². The van der Waals surface area contributed by atoms with Crippen LogP contribution in [0.5, 0.6) is 0 Å². The second-order valence-electron chi connectivity index (χ2n) is 33.7. The highest BCUT2D eigenvalue weighted by Gasteiger charge is 2.49. The van der Waals surface area contributed by atoms with E-state index in [0.717, 1.165) is 67.8 Å². The predicted octanol–water partition coefficient (Wildman–Crippen LogP) is 24.2.